The van der Waals surface area contributed by atoms with E-state index in [0.717, 1.165) is 11.1 Å². The van der Waals surface area contributed by atoms with Crippen molar-refractivity contribution in [3.63, 3.8) is 0 Å². The normalized spacial score (nSPS) is 11.0. The van der Waals surface area contributed by atoms with Crippen LogP contribution < -0.4 is 5.32 Å². The lowest BCUT2D eigenvalue weighted by Crippen LogP contribution is -2.07. The van der Waals surface area contributed by atoms with E-state index < -0.39 is 0 Å². The van der Waals surface area contributed by atoms with Gasteiger partial charge >= 0.3 is 0 Å². The molecule has 0 aliphatic carbocycles. The standard InChI is InChI=1S/C19H15Cl2N3O/c20-16-8-7-15(18(21)10-16)12-24-13-17(11-22-24)23-19(25)9-6-14-4-2-1-3-5-14/h1-11,13H,12H2,(H,23,25)/b9-6+. The van der Waals surface area contributed by atoms with Gasteiger partial charge in [0.2, 0.25) is 5.91 Å². The van der Waals surface area contributed by atoms with Crippen LogP contribution >= 0.6 is 23.2 Å². The maximum atomic E-state index is 12.0. The third-order valence-electron chi connectivity index (χ3n) is 3.47. The molecule has 1 aromatic heterocycles. The molecular formula is C19H15Cl2N3O. The van der Waals surface area contributed by atoms with E-state index in [1.54, 1.807) is 35.3 Å². The van der Waals surface area contributed by atoms with E-state index in [1.807, 2.05) is 36.4 Å². The molecule has 2 aromatic carbocycles. The molecule has 1 amide bonds. The second kappa shape index (κ2) is 8.01. The summed E-state index contributed by atoms with van der Waals surface area (Å²) in [6.45, 7) is 0.492. The summed E-state index contributed by atoms with van der Waals surface area (Å²) in [4.78, 5) is 12.0. The second-order valence-electron chi connectivity index (χ2n) is 5.40. The Bertz CT molecular complexity index is 904. The van der Waals surface area contributed by atoms with Crippen molar-refractivity contribution >= 4 is 40.9 Å². The SMILES string of the molecule is O=C(/C=C/c1ccccc1)Nc1cnn(Cc2ccc(Cl)cc2Cl)c1. The Morgan fingerprint density at radius 2 is 1.96 bits per heavy atom. The van der Waals surface area contributed by atoms with Crippen LogP contribution in [0.25, 0.3) is 6.08 Å². The minimum absolute atomic E-state index is 0.215. The number of amides is 1. The molecule has 1 heterocycles. The van der Waals surface area contributed by atoms with Crippen molar-refractivity contribution in [3.05, 3.63) is 88.2 Å². The molecule has 6 heteroatoms. The van der Waals surface area contributed by atoms with Crippen molar-refractivity contribution in [1.82, 2.24) is 9.78 Å². The van der Waals surface area contributed by atoms with Crippen molar-refractivity contribution in [2.75, 3.05) is 5.32 Å². The van der Waals surface area contributed by atoms with Crippen LogP contribution in [0.1, 0.15) is 11.1 Å². The molecule has 3 aromatic rings. The maximum Gasteiger partial charge on any atom is 0.248 e. The van der Waals surface area contributed by atoms with E-state index >= 15 is 0 Å². The summed E-state index contributed by atoms with van der Waals surface area (Å²) in [6, 6.07) is 15.0. The summed E-state index contributed by atoms with van der Waals surface area (Å²) in [7, 11) is 0. The average molecular weight is 372 g/mol. The fraction of sp³-hybridized carbons (Fsp3) is 0.0526. The predicted octanol–water partition coefficient (Wildman–Crippen LogP) is 4.89. The number of aromatic nitrogens is 2. The molecule has 0 atom stereocenters. The smallest absolute Gasteiger partial charge is 0.248 e. The predicted molar refractivity (Wildman–Crippen MR) is 102 cm³/mol. The van der Waals surface area contributed by atoms with Crippen molar-refractivity contribution in [2.45, 2.75) is 6.54 Å². The van der Waals surface area contributed by atoms with E-state index in [4.69, 9.17) is 23.2 Å². The van der Waals surface area contributed by atoms with Crippen LogP contribution in [-0.4, -0.2) is 15.7 Å². The van der Waals surface area contributed by atoms with Gasteiger partial charge in [0.25, 0.3) is 0 Å². The maximum absolute atomic E-state index is 12.0. The van der Waals surface area contributed by atoms with Crippen LogP contribution in [0.5, 0.6) is 0 Å². The molecule has 0 saturated carbocycles. The number of benzene rings is 2. The minimum atomic E-state index is -0.215. The fourth-order valence-corrected chi connectivity index (χ4v) is 2.73. The molecular weight excluding hydrogens is 357 g/mol. The highest BCUT2D eigenvalue weighted by Gasteiger charge is 2.05. The summed E-state index contributed by atoms with van der Waals surface area (Å²) in [5.74, 6) is -0.215. The highest BCUT2D eigenvalue weighted by Crippen LogP contribution is 2.22. The Hall–Kier alpha value is -2.56. The van der Waals surface area contributed by atoms with E-state index in [0.29, 0.717) is 22.3 Å². The molecule has 126 valence electrons. The van der Waals surface area contributed by atoms with Gasteiger partial charge in [0.05, 0.1) is 18.4 Å². The number of hydrogen-bond donors (Lipinski definition) is 1. The Morgan fingerprint density at radius 3 is 2.72 bits per heavy atom. The Kier molecular flexibility index (Phi) is 5.53. The van der Waals surface area contributed by atoms with Gasteiger partial charge in [-0.3, -0.25) is 9.48 Å². The molecule has 0 spiro atoms. The van der Waals surface area contributed by atoms with Gasteiger partial charge in [0.15, 0.2) is 0 Å². The molecule has 0 radical (unpaired) electrons. The Balaban J connectivity index is 1.61. The number of carbonyl (C=O) groups excluding carboxylic acids is 1. The van der Waals surface area contributed by atoms with E-state index in [2.05, 4.69) is 10.4 Å². The molecule has 0 bridgehead atoms. The number of nitrogens with one attached hydrogen (secondary N) is 1. The van der Waals surface area contributed by atoms with Crippen LogP contribution in [0.3, 0.4) is 0 Å². The second-order valence-corrected chi connectivity index (χ2v) is 6.24. The van der Waals surface area contributed by atoms with Gasteiger partial charge in [-0.2, -0.15) is 5.10 Å². The van der Waals surface area contributed by atoms with Gasteiger partial charge in [-0.1, -0.05) is 59.6 Å². The van der Waals surface area contributed by atoms with Crippen molar-refractivity contribution < 1.29 is 4.79 Å². The van der Waals surface area contributed by atoms with Crippen LogP contribution in [0, 0.1) is 0 Å². The summed E-state index contributed by atoms with van der Waals surface area (Å²) in [5, 5.41) is 8.18. The van der Waals surface area contributed by atoms with Gasteiger partial charge in [0, 0.05) is 22.3 Å². The average Bonchev–Trinajstić information content (AvgIpc) is 3.03. The summed E-state index contributed by atoms with van der Waals surface area (Å²) < 4.78 is 1.70. The zero-order valence-electron chi connectivity index (χ0n) is 13.2. The summed E-state index contributed by atoms with van der Waals surface area (Å²) in [6.07, 6.45) is 6.59. The lowest BCUT2D eigenvalue weighted by molar-refractivity contribution is -0.111. The molecule has 0 aliphatic heterocycles. The zero-order chi connectivity index (χ0) is 17.6. The zero-order valence-corrected chi connectivity index (χ0v) is 14.7. The van der Waals surface area contributed by atoms with Gasteiger partial charge in [-0.15, -0.1) is 0 Å². The molecule has 0 unspecified atom stereocenters. The van der Waals surface area contributed by atoms with Crippen molar-refractivity contribution in [2.24, 2.45) is 0 Å². The lowest BCUT2D eigenvalue weighted by Gasteiger charge is -2.04. The number of anilines is 1. The molecule has 1 N–H and O–H groups in total. The quantitative estimate of drug-likeness (QED) is 0.649. The third-order valence-corrected chi connectivity index (χ3v) is 4.06. The largest absolute Gasteiger partial charge is 0.320 e. The van der Waals surface area contributed by atoms with Crippen molar-refractivity contribution in [1.29, 1.82) is 0 Å². The molecule has 0 saturated heterocycles. The van der Waals surface area contributed by atoms with E-state index in [9.17, 15) is 4.79 Å². The van der Waals surface area contributed by atoms with Crippen LogP contribution in [0.15, 0.2) is 67.0 Å². The van der Waals surface area contributed by atoms with Gasteiger partial charge in [0.1, 0.15) is 0 Å². The highest BCUT2D eigenvalue weighted by molar-refractivity contribution is 6.35. The monoisotopic (exact) mass is 371 g/mol. The first-order valence-electron chi connectivity index (χ1n) is 7.61. The first-order chi connectivity index (χ1) is 12.1. The van der Waals surface area contributed by atoms with Gasteiger partial charge in [-0.05, 0) is 29.3 Å². The Labute approximate surface area is 155 Å². The number of carbonyl (C=O) groups is 1. The van der Waals surface area contributed by atoms with E-state index in [-0.39, 0.29) is 5.91 Å². The topological polar surface area (TPSA) is 46.9 Å². The molecule has 0 fully saturated rings. The summed E-state index contributed by atoms with van der Waals surface area (Å²) >= 11 is 12.1. The first kappa shape index (κ1) is 17.3. The molecule has 4 nitrogen and oxygen atoms in total. The highest BCUT2D eigenvalue weighted by atomic mass is 35.5. The minimum Gasteiger partial charge on any atom is -0.320 e. The van der Waals surface area contributed by atoms with Crippen LogP contribution in [0.4, 0.5) is 5.69 Å². The van der Waals surface area contributed by atoms with E-state index in [1.165, 1.54) is 6.08 Å². The molecule has 0 aliphatic rings. The first-order valence-corrected chi connectivity index (χ1v) is 8.36. The molecule has 25 heavy (non-hydrogen) atoms. The Morgan fingerprint density at radius 1 is 1.16 bits per heavy atom. The summed E-state index contributed by atoms with van der Waals surface area (Å²) in [5.41, 5.74) is 2.48. The fourth-order valence-electron chi connectivity index (χ4n) is 2.26. The van der Waals surface area contributed by atoms with Crippen molar-refractivity contribution in [3.8, 4) is 0 Å². The number of halogens is 2. The van der Waals surface area contributed by atoms with Gasteiger partial charge in [-0.25, -0.2) is 0 Å². The van der Waals surface area contributed by atoms with Crippen LogP contribution in [-0.2, 0) is 11.3 Å². The van der Waals surface area contributed by atoms with Gasteiger partial charge < -0.3 is 5.32 Å². The molecule has 3 rings (SSSR count). The number of hydrogen-bond acceptors (Lipinski definition) is 2. The number of nitrogens with zero attached hydrogens (tertiary/aromatic N) is 2. The third kappa shape index (κ3) is 4.95. The lowest BCUT2D eigenvalue weighted by atomic mass is 10.2. The number of rotatable bonds is 5. The van der Waals surface area contributed by atoms with Crippen LogP contribution in [0.2, 0.25) is 10.0 Å².